The first-order chi connectivity index (χ1) is 14.3. The molecule has 4 nitrogen and oxygen atoms in total. The molecule has 4 rings (SSSR count). The molecule has 0 radical (unpaired) electrons. The lowest BCUT2D eigenvalue weighted by Gasteiger charge is -2.32. The lowest BCUT2D eigenvalue weighted by Crippen LogP contribution is -2.37. The number of rotatable bonds is 5. The number of pyridine rings is 1. The molecule has 1 aromatic carbocycles. The van der Waals surface area contributed by atoms with E-state index in [9.17, 15) is 5.11 Å². The van der Waals surface area contributed by atoms with E-state index in [-0.39, 0.29) is 6.10 Å². The van der Waals surface area contributed by atoms with Crippen LogP contribution in [-0.2, 0) is 0 Å². The Morgan fingerprint density at radius 3 is 2.33 bits per heavy atom. The number of fused-ring (bicyclic) bond motifs is 1. The van der Waals surface area contributed by atoms with E-state index in [2.05, 4.69) is 72.9 Å². The van der Waals surface area contributed by atoms with E-state index in [1.54, 1.807) is 0 Å². The minimum atomic E-state index is -0.245. The Hall–Kier alpha value is -2.17. The summed E-state index contributed by atoms with van der Waals surface area (Å²) in [6.07, 6.45) is 2.08. The Morgan fingerprint density at radius 2 is 1.73 bits per heavy atom. The van der Waals surface area contributed by atoms with E-state index in [1.807, 2.05) is 6.92 Å². The van der Waals surface area contributed by atoms with Gasteiger partial charge in [-0.05, 0) is 93.9 Å². The number of hydrogen-bond donors (Lipinski definition) is 2. The van der Waals surface area contributed by atoms with Gasteiger partial charge in [-0.15, -0.1) is 0 Å². The van der Waals surface area contributed by atoms with Crippen LogP contribution < -0.4 is 0 Å². The zero-order chi connectivity index (χ0) is 21.4. The Labute approximate surface area is 180 Å². The SMILES string of the molecule is Cc1cc(-c2[nH]c3ccc(C4CCN(CC(C)O)CC4)cc3c2C(C)C)cc(C)n1. The lowest BCUT2D eigenvalue weighted by atomic mass is 9.87. The van der Waals surface area contributed by atoms with Crippen molar-refractivity contribution < 1.29 is 5.11 Å². The number of benzene rings is 1. The van der Waals surface area contributed by atoms with Gasteiger partial charge in [0, 0.05) is 34.4 Å². The molecular formula is C26H35N3O. The van der Waals surface area contributed by atoms with E-state index in [1.165, 1.54) is 33.3 Å². The molecule has 0 spiro atoms. The molecule has 0 bridgehead atoms. The van der Waals surface area contributed by atoms with Crippen molar-refractivity contribution in [1.82, 2.24) is 14.9 Å². The molecule has 0 aliphatic carbocycles. The number of H-pyrrole nitrogens is 1. The van der Waals surface area contributed by atoms with Crippen molar-refractivity contribution in [2.24, 2.45) is 0 Å². The zero-order valence-corrected chi connectivity index (χ0v) is 19.0. The van der Waals surface area contributed by atoms with Crippen LogP contribution >= 0.6 is 0 Å². The van der Waals surface area contributed by atoms with Crippen LogP contribution in [0.4, 0.5) is 0 Å². The minimum Gasteiger partial charge on any atom is -0.392 e. The monoisotopic (exact) mass is 405 g/mol. The van der Waals surface area contributed by atoms with Gasteiger partial charge in [-0.2, -0.15) is 0 Å². The third kappa shape index (κ3) is 4.30. The Balaban J connectivity index is 1.68. The number of piperidine rings is 1. The molecule has 1 aliphatic rings. The molecule has 1 atom stereocenters. The van der Waals surface area contributed by atoms with E-state index in [0.29, 0.717) is 11.8 Å². The molecule has 3 aromatic rings. The molecule has 1 unspecified atom stereocenters. The molecule has 2 N–H and O–H groups in total. The van der Waals surface area contributed by atoms with Crippen molar-refractivity contribution in [1.29, 1.82) is 0 Å². The van der Waals surface area contributed by atoms with E-state index >= 15 is 0 Å². The number of nitrogens with zero attached hydrogens (tertiary/aromatic N) is 2. The Bertz CT molecular complexity index is 1010. The van der Waals surface area contributed by atoms with Crippen LogP contribution in [0.3, 0.4) is 0 Å². The van der Waals surface area contributed by atoms with Crippen LogP contribution in [0.25, 0.3) is 22.2 Å². The third-order valence-electron chi connectivity index (χ3n) is 6.39. The maximum atomic E-state index is 9.67. The second-order valence-electron chi connectivity index (χ2n) is 9.44. The van der Waals surface area contributed by atoms with Crippen LogP contribution in [0, 0.1) is 13.8 Å². The number of aryl methyl sites for hydroxylation is 2. The van der Waals surface area contributed by atoms with Crippen LogP contribution in [0.5, 0.6) is 0 Å². The maximum Gasteiger partial charge on any atom is 0.0639 e. The molecule has 160 valence electrons. The number of aromatic nitrogens is 2. The van der Waals surface area contributed by atoms with Gasteiger partial charge in [0.15, 0.2) is 0 Å². The van der Waals surface area contributed by atoms with Gasteiger partial charge in [0.2, 0.25) is 0 Å². The molecule has 1 aliphatic heterocycles. The average molecular weight is 406 g/mol. The number of likely N-dealkylation sites (tertiary alicyclic amines) is 1. The summed E-state index contributed by atoms with van der Waals surface area (Å²) >= 11 is 0. The molecule has 0 amide bonds. The van der Waals surface area contributed by atoms with E-state index in [4.69, 9.17) is 0 Å². The summed E-state index contributed by atoms with van der Waals surface area (Å²) in [6, 6.07) is 11.4. The Morgan fingerprint density at radius 1 is 1.07 bits per heavy atom. The molecular weight excluding hydrogens is 370 g/mol. The van der Waals surface area contributed by atoms with Gasteiger partial charge in [0.25, 0.3) is 0 Å². The number of aliphatic hydroxyl groups excluding tert-OH is 1. The minimum absolute atomic E-state index is 0.245. The predicted octanol–water partition coefficient (Wildman–Crippen LogP) is 5.53. The molecule has 3 heterocycles. The van der Waals surface area contributed by atoms with Crippen LogP contribution in [0.1, 0.15) is 68.0 Å². The van der Waals surface area contributed by atoms with E-state index in [0.717, 1.165) is 43.9 Å². The normalized spacial score (nSPS) is 17.2. The van der Waals surface area contributed by atoms with Crippen LogP contribution in [0.15, 0.2) is 30.3 Å². The van der Waals surface area contributed by atoms with Crippen molar-refractivity contribution in [3.8, 4) is 11.3 Å². The van der Waals surface area contributed by atoms with Crippen LogP contribution in [0.2, 0.25) is 0 Å². The first kappa shape index (κ1) is 21.1. The van der Waals surface area contributed by atoms with Gasteiger partial charge in [0.1, 0.15) is 0 Å². The van der Waals surface area contributed by atoms with Crippen molar-refractivity contribution >= 4 is 10.9 Å². The fraction of sp³-hybridized carbons (Fsp3) is 0.500. The largest absolute Gasteiger partial charge is 0.392 e. The van der Waals surface area contributed by atoms with Crippen LogP contribution in [-0.4, -0.2) is 45.7 Å². The molecule has 0 saturated carbocycles. The number of β-amino-alcohol motifs (C(OH)–C–C–N with tert-alkyl or cyclic N) is 1. The van der Waals surface area contributed by atoms with Gasteiger partial charge >= 0.3 is 0 Å². The van der Waals surface area contributed by atoms with Gasteiger partial charge < -0.3 is 15.0 Å². The Kier molecular flexibility index (Phi) is 5.99. The fourth-order valence-corrected chi connectivity index (χ4v) is 5.11. The van der Waals surface area contributed by atoms with Crippen molar-refractivity contribution in [2.75, 3.05) is 19.6 Å². The molecule has 1 saturated heterocycles. The van der Waals surface area contributed by atoms with Gasteiger partial charge in [-0.25, -0.2) is 0 Å². The second kappa shape index (κ2) is 8.52. The van der Waals surface area contributed by atoms with E-state index < -0.39 is 0 Å². The van der Waals surface area contributed by atoms with Crippen molar-refractivity contribution in [3.63, 3.8) is 0 Å². The third-order valence-corrected chi connectivity index (χ3v) is 6.39. The summed E-state index contributed by atoms with van der Waals surface area (Å²) in [6.45, 7) is 13.5. The number of aliphatic hydroxyl groups is 1. The topological polar surface area (TPSA) is 52.2 Å². The first-order valence-corrected chi connectivity index (χ1v) is 11.3. The quantitative estimate of drug-likeness (QED) is 0.587. The predicted molar refractivity (Wildman–Crippen MR) is 125 cm³/mol. The standard InChI is InChI=1S/C26H35N3O/c1-16(2)25-23-14-21(20-8-10-29(11-9-20)15-19(5)30)6-7-24(23)28-26(25)22-12-17(3)27-18(4)13-22/h6-7,12-14,16,19-20,28,30H,8-11,15H2,1-5H3. The highest BCUT2D eigenvalue weighted by Crippen LogP contribution is 2.38. The number of aromatic amines is 1. The van der Waals surface area contributed by atoms with Gasteiger partial charge in [-0.3, -0.25) is 4.98 Å². The lowest BCUT2D eigenvalue weighted by molar-refractivity contribution is 0.109. The maximum absolute atomic E-state index is 9.67. The zero-order valence-electron chi connectivity index (χ0n) is 19.0. The smallest absolute Gasteiger partial charge is 0.0639 e. The summed E-state index contributed by atoms with van der Waals surface area (Å²) in [5, 5.41) is 11.0. The summed E-state index contributed by atoms with van der Waals surface area (Å²) in [5.41, 5.74) is 8.66. The highest BCUT2D eigenvalue weighted by atomic mass is 16.3. The van der Waals surface area contributed by atoms with Crippen molar-refractivity contribution in [2.45, 2.75) is 65.4 Å². The fourth-order valence-electron chi connectivity index (χ4n) is 5.11. The second-order valence-corrected chi connectivity index (χ2v) is 9.44. The molecule has 2 aromatic heterocycles. The highest BCUT2D eigenvalue weighted by molar-refractivity contribution is 5.92. The summed E-state index contributed by atoms with van der Waals surface area (Å²) in [4.78, 5) is 10.7. The number of nitrogens with one attached hydrogen (secondary N) is 1. The van der Waals surface area contributed by atoms with Gasteiger partial charge in [-0.1, -0.05) is 19.9 Å². The van der Waals surface area contributed by atoms with Gasteiger partial charge in [0.05, 0.1) is 11.8 Å². The first-order valence-electron chi connectivity index (χ1n) is 11.3. The molecule has 30 heavy (non-hydrogen) atoms. The van der Waals surface area contributed by atoms with Crippen molar-refractivity contribution in [3.05, 3.63) is 52.8 Å². The summed E-state index contributed by atoms with van der Waals surface area (Å²) < 4.78 is 0. The summed E-state index contributed by atoms with van der Waals surface area (Å²) in [7, 11) is 0. The highest BCUT2D eigenvalue weighted by Gasteiger charge is 2.23. The number of hydrogen-bond acceptors (Lipinski definition) is 3. The molecule has 4 heteroatoms. The molecule has 1 fully saturated rings. The summed E-state index contributed by atoms with van der Waals surface area (Å²) in [5.74, 6) is 1.04. The average Bonchev–Trinajstić information content (AvgIpc) is 3.06.